The number of nitrogens with one attached hydrogen (secondary N) is 1. The molecule has 9 heteroatoms. The first kappa shape index (κ1) is 19.8. The molecule has 7 nitrogen and oxygen atoms in total. The molecule has 0 spiro atoms. The minimum Gasteiger partial charge on any atom is -0.486 e. The number of pyridine rings is 1. The number of Topliss-reactive ketones (excluding diaryl/α,β-unsaturated/α-hetero) is 1. The van der Waals surface area contributed by atoms with E-state index in [1.807, 2.05) is 0 Å². The Morgan fingerprint density at radius 2 is 2.00 bits per heavy atom. The van der Waals surface area contributed by atoms with Crippen LogP contribution in [-0.4, -0.2) is 38.8 Å². The molecule has 3 aromatic rings. The standard InChI is InChI=1S/C22H18ClFN4O3/c23-15-4-3-14(6-16(15)24)31-9-13(29)7-21-10-22(11-21,12-21)28-20(30)18-8-26-19-17(27-18)2-1-5-25-19/h1-6,8H,7,9-12H2,(H,28,30). The number of hydrogen-bond acceptors (Lipinski definition) is 6. The Hall–Kier alpha value is -3.13. The number of ether oxygens (including phenoxy) is 1. The van der Waals surface area contributed by atoms with Crippen LogP contribution in [0.15, 0.2) is 42.7 Å². The molecule has 0 saturated heterocycles. The zero-order chi connectivity index (χ0) is 21.6. The van der Waals surface area contributed by atoms with Gasteiger partial charge in [-0.1, -0.05) is 11.6 Å². The number of aromatic nitrogens is 3. The summed E-state index contributed by atoms with van der Waals surface area (Å²) in [6.07, 6.45) is 5.66. The normalized spacial score (nSPS) is 23.5. The number of hydrogen-bond donors (Lipinski definition) is 1. The van der Waals surface area contributed by atoms with Gasteiger partial charge in [0.2, 0.25) is 0 Å². The van der Waals surface area contributed by atoms with Gasteiger partial charge in [-0.05, 0) is 48.9 Å². The van der Waals surface area contributed by atoms with Crippen molar-refractivity contribution < 1.29 is 18.7 Å². The fourth-order valence-electron chi connectivity index (χ4n) is 4.79. The van der Waals surface area contributed by atoms with Crippen LogP contribution in [0.3, 0.4) is 0 Å². The van der Waals surface area contributed by atoms with Crippen molar-refractivity contribution in [1.29, 1.82) is 0 Å². The van der Waals surface area contributed by atoms with Gasteiger partial charge in [0.1, 0.15) is 29.4 Å². The van der Waals surface area contributed by atoms with Crippen molar-refractivity contribution in [3.63, 3.8) is 0 Å². The lowest BCUT2D eigenvalue weighted by Gasteiger charge is -2.70. The fraction of sp³-hybridized carbons (Fsp3) is 0.318. The summed E-state index contributed by atoms with van der Waals surface area (Å²) < 4.78 is 18.8. The predicted molar refractivity (Wildman–Crippen MR) is 110 cm³/mol. The fourth-order valence-corrected chi connectivity index (χ4v) is 4.91. The number of nitrogens with zero attached hydrogens (tertiary/aromatic N) is 3. The molecule has 3 saturated carbocycles. The number of fused-ring (bicyclic) bond motifs is 1. The minimum absolute atomic E-state index is 0.00576. The van der Waals surface area contributed by atoms with E-state index in [0.29, 0.717) is 17.6 Å². The van der Waals surface area contributed by atoms with E-state index in [2.05, 4.69) is 20.3 Å². The van der Waals surface area contributed by atoms with Crippen LogP contribution in [0.4, 0.5) is 4.39 Å². The van der Waals surface area contributed by atoms with E-state index in [1.165, 1.54) is 18.3 Å². The molecule has 1 aromatic carbocycles. The summed E-state index contributed by atoms with van der Waals surface area (Å²) in [6.45, 7) is -0.122. The molecule has 3 fully saturated rings. The minimum atomic E-state index is -0.587. The van der Waals surface area contributed by atoms with E-state index in [0.717, 1.165) is 25.3 Å². The van der Waals surface area contributed by atoms with Gasteiger partial charge in [-0.3, -0.25) is 9.59 Å². The highest BCUT2D eigenvalue weighted by Gasteiger charge is 2.68. The van der Waals surface area contributed by atoms with E-state index in [-0.39, 0.29) is 45.7 Å². The lowest BCUT2D eigenvalue weighted by atomic mass is 9.38. The maximum atomic E-state index is 13.4. The summed E-state index contributed by atoms with van der Waals surface area (Å²) in [5, 5.41) is 3.05. The van der Waals surface area contributed by atoms with E-state index < -0.39 is 5.82 Å². The molecular formula is C22H18ClFN4O3. The summed E-state index contributed by atoms with van der Waals surface area (Å²) in [5.41, 5.74) is 0.945. The molecule has 6 rings (SSSR count). The Balaban J connectivity index is 1.12. The molecule has 0 aliphatic heterocycles. The second-order valence-corrected chi connectivity index (χ2v) is 8.85. The molecule has 3 aliphatic carbocycles. The van der Waals surface area contributed by atoms with Crippen LogP contribution in [0.1, 0.15) is 36.2 Å². The maximum absolute atomic E-state index is 13.4. The van der Waals surface area contributed by atoms with Gasteiger partial charge in [0, 0.05) is 24.2 Å². The zero-order valence-electron chi connectivity index (χ0n) is 16.4. The molecule has 0 unspecified atom stereocenters. The monoisotopic (exact) mass is 440 g/mol. The van der Waals surface area contributed by atoms with Crippen molar-refractivity contribution in [2.24, 2.45) is 5.41 Å². The van der Waals surface area contributed by atoms with E-state index in [9.17, 15) is 14.0 Å². The largest absolute Gasteiger partial charge is 0.486 e. The summed E-state index contributed by atoms with van der Waals surface area (Å²) in [6, 6.07) is 7.57. The lowest BCUT2D eigenvalue weighted by Crippen LogP contribution is -2.75. The SMILES string of the molecule is O=C(COc1ccc(Cl)c(F)c1)CC12CC(NC(=O)c3cnc4ncccc4n3)(C1)C2. The van der Waals surface area contributed by atoms with Crippen LogP contribution in [-0.2, 0) is 4.79 Å². The first-order valence-corrected chi connectivity index (χ1v) is 10.2. The second kappa shape index (κ2) is 7.23. The van der Waals surface area contributed by atoms with Crippen LogP contribution < -0.4 is 10.1 Å². The number of halogens is 2. The Kier molecular flexibility index (Phi) is 4.62. The van der Waals surface area contributed by atoms with Gasteiger partial charge in [0.25, 0.3) is 5.91 Å². The molecule has 158 valence electrons. The predicted octanol–water partition coefficient (Wildman–Crippen LogP) is 3.51. The van der Waals surface area contributed by atoms with Gasteiger partial charge < -0.3 is 10.1 Å². The highest BCUT2D eigenvalue weighted by atomic mass is 35.5. The smallest absolute Gasteiger partial charge is 0.271 e. The van der Waals surface area contributed by atoms with Crippen molar-refractivity contribution in [3.05, 3.63) is 59.3 Å². The average Bonchev–Trinajstić information content (AvgIpc) is 2.71. The quantitative estimate of drug-likeness (QED) is 0.604. The number of ketones is 1. The third-order valence-electron chi connectivity index (χ3n) is 5.93. The molecule has 0 atom stereocenters. The van der Waals surface area contributed by atoms with Crippen molar-refractivity contribution in [2.45, 2.75) is 31.2 Å². The summed E-state index contributed by atoms with van der Waals surface area (Å²) in [5.74, 6) is -0.645. The Morgan fingerprint density at radius 3 is 2.77 bits per heavy atom. The van der Waals surface area contributed by atoms with Gasteiger partial charge in [-0.15, -0.1) is 0 Å². The number of benzene rings is 1. The summed E-state index contributed by atoms with van der Waals surface area (Å²) in [4.78, 5) is 37.5. The van der Waals surface area contributed by atoms with Gasteiger partial charge in [-0.2, -0.15) is 0 Å². The Morgan fingerprint density at radius 1 is 1.19 bits per heavy atom. The van der Waals surface area contributed by atoms with Crippen LogP contribution in [0, 0.1) is 11.2 Å². The van der Waals surface area contributed by atoms with Gasteiger partial charge in [0.05, 0.1) is 11.2 Å². The highest BCUT2D eigenvalue weighted by Crippen LogP contribution is 2.69. The molecule has 2 bridgehead atoms. The number of rotatable bonds is 7. The molecule has 2 heterocycles. The topological polar surface area (TPSA) is 94.1 Å². The van der Waals surface area contributed by atoms with Crippen LogP contribution in [0.5, 0.6) is 5.75 Å². The van der Waals surface area contributed by atoms with Crippen LogP contribution in [0.2, 0.25) is 5.02 Å². The summed E-state index contributed by atoms with van der Waals surface area (Å²) >= 11 is 5.64. The van der Waals surface area contributed by atoms with Gasteiger partial charge >= 0.3 is 0 Å². The number of carbonyl (C=O) groups is 2. The molecule has 0 radical (unpaired) electrons. The van der Waals surface area contributed by atoms with E-state index in [1.54, 1.807) is 18.3 Å². The third-order valence-corrected chi connectivity index (χ3v) is 6.24. The first-order valence-electron chi connectivity index (χ1n) is 9.85. The Bertz CT molecular complexity index is 1200. The van der Waals surface area contributed by atoms with Crippen molar-refractivity contribution in [1.82, 2.24) is 20.3 Å². The molecule has 3 aliphatic rings. The second-order valence-electron chi connectivity index (χ2n) is 8.45. The van der Waals surface area contributed by atoms with E-state index >= 15 is 0 Å². The molecule has 2 aromatic heterocycles. The van der Waals surface area contributed by atoms with Crippen molar-refractivity contribution in [2.75, 3.05) is 6.61 Å². The summed E-state index contributed by atoms with van der Waals surface area (Å²) in [7, 11) is 0. The number of amides is 1. The third kappa shape index (κ3) is 3.72. The first-order chi connectivity index (χ1) is 14.9. The van der Waals surface area contributed by atoms with E-state index in [4.69, 9.17) is 16.3 Å². The highest BCUT2D eigenvalue weighted by molar-refractivity contribution is 6.30. The zero-order valence-corrected chi connectivity index (χ0v) is 17.2. The van der Waals surface area contributed by atoms with Gasteiger partial charge in [-0.25, -0.2) is 19.3 Å². The molecule has 31 heavy (non-hydrogen) atoms. The molecule has 1 N–H and O–H groups in total. The molecule has 1 amide bonds. The maximum Gasteiger partial charge on any atom is 0.271 e. The number of carbonyl (C=O) groups excluding carboxylic acids is 2. The van der Waals surface area contributed by atoms with Crippen LogP contribution in [0.25, 0.3) is 11.2 Å². The average molecular weight is 441 g/mol. The van der Waals surface area contributed by atoms with Crippen molar-refractivity contribution in [3.8, 4) is 5.75 Å². The lowest BCUT2D eigenvalue weighted by molar-refractivity contribution is -0.162. The van der Waals surface area contributed by atoms with Gasteiger partial charge in [0.15, 0.2) is 11.4 Å². The van der Waals surface area contributed by atoms with Crippen LogP contribution >= 0.6 is 11.6 Å². The van der Waals surface area contributed by atoms with Crippen molar-refractivity contribution >= 4 is 34.5 Å². The molecular weight excluding hydrogens is 423 g/mol. The Labute approximate surface area is 182 Å².